The monoisotopic (exact) mass is 200 g/mol. The van der Waals surface area contributed by atoms with Crippen molar-refractivity contribution >= 4 is 0 Å². The number of piperazine rings is 3. The number of rotatable bonds is 4. The van der Waals surface area contributed by atoms with Crippen LogP contribution in [0, 0.1) is 0 Å². The van der Waals surface area contributed by atoms with Crippen molar-refractivity contribution in [3.63, 3.8) is 0 Å². The molecule has 3 saturated heterocycles. The Kier molecular flexibility index (Phi) is 3.35. The summed E-state index contributed by atoms with van der Waals surface area (Å²) in [7, 11) is 1.72. The van der Waals surface area contributed by atoms with E-state index in [2.05, 4.69) is 15.2 Å². The van der Waals surface area contributed by atoms with E-state index in [1.54, 1.807) is 7.11 Å². The van der Waals surface area contributed by atoms with Crippen LogP contribution in [0.3, 0.4) is 0 Å². The van der Waals surface area contributed by atoms with Crippen molar-refractivity contribution in [2.45, 2.75) is 12.1 Å². The molecule has 3 N–H and O–H groups in total. The number of hydrazine groups is 1. The molecule has 3 aliphatic rings. The van der Waals surface area contributed by atoms with Gasteiger partial charge in [0, 0.05) is 45.9 Å². The van der Waals surface area contributed by atoms with E-state index < -0.39 is 0 Å². The van der Waals surface area contributed by atoms with E-state index in [4.69, 9.17) is 10.6 Å². The van der Waals surface area contributed by atoms with Crippen LogP contribution in [0.4, 0.5) is 0 Å². The summed E-state index contributed by atoms with van der Waals surface area (Å²) in [6.07, 6.45) is 0. The molecule has 14 heavy (non-hydrogen) atoms. The zero-order valence-electron chi connectivity index (χ0n) is 8.78. The van der Waals surface area contributed by atoms with Gasteiger partial charge in [-0.05, 0) is 0 Å². The first-order valence-electron chi connectivity index (χ1n) is 5.26. The predicted molar refractivity (Wildman–Crippen MR) is 54.8 cm³/mol. The molecule has 0 aromatic carbocycles. The van der Waals surface area contributed by atoms with Crippen molar-refractivity contribution in [1.82, 2.24) is 15.2 Å². The fourth-order valence-electron chi connectivity index (χ4n) is 2.49. The number of hydrogen-bond acceptors (Lipinski definition) is 5. The van der Waals surface area contributed by atoms with Crippen LogP contribution in [0.1, 0.15) is 0 Å². The van der Waals surface area contributed by atoms with E-state index in [0.717, 1.165) is 6.54 Å². The summed E-state index contributed by atoms with van der Waals surface area (Å²) < 4.78 is 5.17. The summed E-state index contributed by atoms with van der Waals surface area (Å²) in [6.45, 7) is 6.57. The molecular formula is C9H20N4O. The van der Waals surface area contributed by atoms with E-state index in [1.165, 1.54) is 26.2 Å². The van der Waals surface area contributed by atoms with Crippen molar-refractivity contribution < 1.29 is 4.74 Å². The largest absolute Gasteiger partial charge is 0.383 e. The highest BCUT2D eigenvalue weighted by molar-refractivity contribution is 4.94. The van der Waals surface area contributed by atoms with E-state index in [0.29, 0.717) is 12.6 Å². The van der Waals surface area contributed by atoms with Gasteiger partial charge in [0.15, 0.2) is 0 Å². The van der Waals surface area contributed by atoms with Gasteiger partial charge in [-0.2, -0.15) is 0 Å². The Morgan fingerprint density at radius 3 is 2.57 bits per heavy atom. The number of methoxy groups -OCH3 is 1. The molecule has 2 atom stereocenters. The molecule has 5 heteroatoms. The second-order valence-electron chi connectivity index (χ2n) is 4.13. The van der Waals surface area contributed by atoms with Crippen LogP contribution in [0.25, 0.3) is 0 Å². The molecule has 82 valence electrons. The lowest BCUT2D eigenvalue weighted by atomic mass is 10.0. The fourth-order valence-corrected chi connectivity index (χ4v) is 2.49. The first kappa shape index (κ1) is 10.3. The van der Waals surface area contributed by atoms with Crippen LogP contribution in [-0.2, 0) is 4.74 Å². The van der Waals surface area contributed by atoms with Crippen LogP contribution in [0.15, 0.2) is 0 Å². The van der Waals surface area contributed by atoms with Gasteiger partial charge in [-0.3, -0.25) is 21.1 Å². The molecule has 0 aliphatic carbocycles. The Hall–Kier alpha value is -0.200. The molecule has 3 fully saturated rings. The number of hydrogen-bond donors (Lipinski definition) is 2. The smallest absolute Gasteiger partial charge is 0.0645 e. The summed E-state index contributed by atoms with van der Waals surface area (Å²) >= 11 is 0. The Morgan fingerprint density at radius 1 is 1.43 bits per heavy atom. The molecule has 3 rings (SSSR count). The molecule has 0 spiro atoms. The Bertz CT molecular complexity index is 182. The van der Waals surface area contributed by atoms with Crippen LogP contribution < -0.4 is 11.3 Å². The number of nitrogens with zero attached hydrogens (tertiary/aromatic N) is 2. The third kappa shape index (κ3) is 1.92. The zero-order valence-corrected chi connectivity index (χ0v) is 8.78. The first-order valence-corrected chi connectivity index (χ1v) is 5.26. The maximum Gasteiger partial charge on any atom is 0.0645 e. The fraction of sp³-hybridized carbons (Fsp3) is 1.00. The van der Waals surface area contributed by atoms with Crippen molar-refractivity contribution in [2.75, 3.05) is 46.4 Å². The van der Waals surface area contributed by atoms with Gasteiger partial charge in [0.25, 0.3) is 0 Å². The van der Waals surface area contributed by atoms with Crippen LogP contribution in [0.5, 0.6) is 0 Å². The number of fused-ring (bicyclic) bond motifs is 3. The highest BCUT2D eigenvalue weighted by atomic mass is 16.5. The lowest BCUT2D eigenvalue weighted by Gasteiger charge is -2.49. The SMILES string of the molecule is COCC(NN)C1CN2CCN1CC2. The van der Waals surface area contributed by atoms with Crippen molar-refractivity contribution in [3.05, 3.63) is 0 Å². The Morgan fingerprint density at radius 2 is 2.14 bits per heavy atom. The summed E-state index contributed by atoms with van der Waals surface area (Å²) in [6, 6.07) is 0.769. The molecular weight excluding hydrogens is 180 g/mol. The van der Waals surface area contributed by atoms with Crippen LogP contribution >= 0.6 is 0 Å². The standard InChI is InChI=1S/C9H20N4O/c1-14-7-8(11-10)9-6-12-2-4-13(9)5-3-12/h8-9,11H,2-7,10H2,1H3. The van der Waals surface area contributed by atoms with Crippen molar-refractivity contribution in [2.24, 2.45) is 5.84 Å². The number of nitrogens with two attached hydrogens (primary N) is 1. The quantitative estimate of drug-likeness (QED) is 0.426. The maximum absolute atomic E-state index is 5.55. The zero-order chi connectivity index (χ0) is 9.97. The predicted octanol–water partition coefficient (Wildman–Crippen LogP) is -1.54. The molecule has 0 saturated carbocycles. The van der Waals surface area contributed by atoms with Crippen LogP contribution in [0.2, 0.25) is 0 Å². The molecule has 0 aromatic rings. The van der Waals surface area contributed by atoms with Gasteiger partial charge in [-0.15, -0.1) is 0 Å². The van der Waals surface area contributed by atoms with E-state index in [9.17, 15) is 0 Å². The average molecular weight is 200 g/mol. The summed E-state index contributed by atoms with van der Waals surface area (Å²) in [4.78, 5) is 5.02. The van der Waals surface area contributed by atoms with Gasteiger partial charge in [0.2, 0.25) is 0 Å². The van der Waals surface area contributed by atoms with Gasteiger partial charge in [-0.1, -0.05) is 0 Å². The van der Waals surface area contributed by atoms with Gasteiger partial charge in [0.1, 0.15) is 0 Å². The summed E-state index contributed by atoms with van der Waals surface area (Å²) in [5, 5.41) is 0. The topological polar surface area (TPSA) is 53.8 Å². The van der Waals surface area contributed by atoms with Gasteiger partial charge in [0.05, 0.1) is 12.6 Å². The molecule has 2 unspecified atom stereocenters. The van der Waals surface area contributed by atoms with Gasteiger partial charge >= 0.3 is 0 Å². The van der Waals surface area contributed by atoms with Crippen molar-refractivity contribution in [1.29, 1.82) is 0 Å². The van der Waals surface area contributed by atoms with Gasteiger partial charge < -0.3 is 4.74 Å². The highest BCUT2D eigenvalue weighted by Gasteiger charge is 2.36. The first-order chi connectivity index (χ1) is 6.85. The molecule has 5 nitrogen and oxygen atoms in total. The van der Waals surface area contributed by atoms with Gasteiger partial charge in [-0.25, -0.2) is 0 Å². The summed E-state index contributed by atoms with van der Waals surface area (Å²) in [5.41, 5.74) is 2.86. The van der Waals surface area contributed by atoms with E-state index >= 15 is 0 Å². The summed E-state index contributed by atoms with van der Waals surface area (Å²) in [5.74, 6) is 5.55. The third-order valence-corrected chi connectivity index (χ3v) is 3.35. The molecule has 0 radical (unpaired) electrons. The second-order valence-corrected chi connectivity index (χ2v) is 4.13. The lowest BCUT2D eigenvalue weighted by molar-refractivity contribution is -0.0164. The second kappa shape index (κ2) is 4.55. The van der Waals surface area contributed by atoms with Crippen LogP contribution in [-0.4, -0.2) is 68.3 Å². The maximum atomic E-state index is 5.55. The van der Waals surface area contributed by atoms with E-state index in [1.807, 2.05) is 0 Å². The normalized spacial score (nSPS) is 38.6. The minimum Gasteiger partial charge on any atom is -0.383 e. The third-order valence-electron chi connectivity index (χ3n) is 3.35. The Balaban J connectivity index is 1.95. The number of ether oxygens (including phenoxy) is 1. The molecule has 0 aromatic heterocycles. The molecule has 0 amide bonds. The number of nitrogens with one attached hydrogen (secondary N) is 1. The molecule has 3 heterocycles. The minimum atomic E-state index is 0.253. The highest BCUT2D eigenvalue weighted by Crippen LogP contribution is 2.17. The Labute approximate surface area is 85.1 Å². The molecule has 2 bridgehead atoms. The minimum absolute atomic E-state index is 0.253. The van der Waals surface area contributed by atoms with E-state index in [-0.39, 0.29) is 6.04 Å². The average Bonchev–Trinajstić information content (AvgIpc) is 2.27. The van der Waals surface area contributed by atoms with Crippen molar-refractivity contribution in [3.8, 4) is 0 Å². The molecule has 3 aliphatic heterocycles. The lowest BCUT2D eigenvalue weighted by Crippen LogP contribution is -2.67.